The SMILES string of the molecule is CC=CC(C)(C)C(C)C(=O)CC. The van der Waals surface area contributed by atoms with Crippen LogP contribution < -0.4 is 0 Å². The number of hydrogen-bond donors (Lipinski definition) is 0. The first-order valence-corrected chi connectivity index (χ1v) is 4.62. The smallest absolute Gasteiger partial charge is 0.136 e. The Morgan fingerprint density at radius 1 is 1.50 bits per heavy atom. The fraction of sp³-hybridized carbons (Fsp3) is 0.727. The van der Waals surface area contributed by atoms with Crippen molar-refractivity contribution in [2.45, 2.75) is 41.0 Å². The maximum Gasteiger partial charge on any atom is 0.136 e. The molecule has 0 aromatic carbocycles. The Balaban J connectivity index is 4.44. The molecule has 0 rings (SSSR count). The minimum Gasteiger partial charge on any atom is -0.299 e. The van der Waals surface area contributed by atoms with Gasteiger partial charge in [-0.15, -0.1) is 0 Å². The molecule has 1 atom stereocenters. The van der Waals surface area contributed by atoms with Gasteiger partial charge < -0.3 is 0 Å². The van der Waals surface area contributed by atoms with Gasteiger partial charge in [0, 0.05) is 12.3 Å². The lowest BCUT2D eigenvalue weighted by molar-refractivity contribution is -0.124. The molecule has 0 saturated carbocycles. The summed E-state index contributed by atoms with van der Waals surface area (Å²) < 4.78 is 0. The molecule has 0 saturated heterocycles. The molecule has 0 heterocycles. The lowest BCUT2D eigenvalue weighted by Gasteiger charge is -2.26. The Morgan fingerprint density at radius 3 is 2.33 bits per heavy atom. The molecule has 0 aliphatic rings. The summed E-state index contributed by atoms with van der Waals surface area (Å²) in [5, 5.41) is 0. The van der Waals surface area contributed by atoms with Crippen LogP contribution in [0.2, 0.25) is 0 Å². The second-order valence-corrected chi connectivity index (χ2v) is 3.86. The number of carbonyl (C=O) groups is 1. The third-order valence-electron chi connectivity index (χ3n) is 2.54. The van der Waals surface area contributed by atoms with Crippen molar-refractivity contribution in [3.05, 3.63) is 12.2 Å². The first-order valence-electron chi connectivity index (χ1n) is 4.62. The Labute approximate surface area is 75.9 Å². The first kappa shape index (κ1) is 11.4. The second-order valence-electron chi connectivity index (χ2n) is 3.86. The lowest BCUT2D eigenvalue weighted by atomic mass is 9.77. The van der Waals surface area contributed by atoms with Crippen molar-refractivity contribution in [1.29, 1.82) is 0 Å². The maximum absolute atomic E-state index is 11.4. The summed E-state index contributed by atoms with van der Waals surface area (Å²) >= 11 is 0. The topological polar surface area (TPSA) is 17.1 Å². The van der Waals surface area contributed by atoms with Crippen molar-refractivity contribution in [2.24, 2.45) is 11.3 Å². The van der Waals surface area contributed by atoms with Gasteiger partial charge in [0.25, 0.3) is 0 Å². The van der Waals surface area contributed by atoms with Crippen LogP contribution in [0.3, 0.4) is 0 Å². The molecule has 0 fully saturated rings. The van der Waals surface area contributed by atoms with Crippen LogP contribution in [0, 0.1) is 11.3 Å². The third-order valence-corrected chi connectivity index (χ3v) is 2.54. The number of hydrogen-bond acceptors (Lipinski definition) is 1. The average Bonchev–Trinajstić information content (AvgIpc) is 2.01. The standard InChI is InChI=1S/C11H20O/c1-6-8-11(4,5)9(3)10(12)7-2/h6,8-9H,7H2,1-5H3. The molecule has 0 aliphatic carbocycles. The van der Waals surface area contributed by atoms with Gasteiger partial charge in [0.15, 0.2) is 0 Å². The van der Waals surface area contributed by atoms with Crippen molar-refractivity contribution in [3.8, 4) is 0 Å². The Morgan fingerprint density at radius 2 is 2.00 bits per heavy atom. The van der Waals surface area contributed by atoms with Crippen molar-refractivity contribution < 1.29 is 4.79 Å². The first-order chi connectivity index (χ1) is 5.45. The molecule has 1 nitrogen and oxygen atoms in total. The molecule has 1 heteroatoms. The Hall–Kier alpha value is -0.590. The quantitative estimate of drug-likeness (QED) is 0.589. The van der Waals surface area contributed by atoms with Gasteiger partial charge in [0.05, 0.1) is 0 Å². The van der Waals surface area contributed by atoms with Gasteiger partial charge in [-0.3, -0.25) is 4.79 Å². The molecule has 0 aromatic rings. The molecule has 0 spiro atoms. The van der Waals surface area contributed by atoms with Gasteiger partial charge in [-0.2, -0.15) is 0 Å². The molecule has 0 aliphatic heterocycles. The van der Waals surface area contributed by atoms with Gasteiger partial charge >= 0.3 is 0 Å². The molecule has 12 heavy (non-hydrogen) atoms. The van der Waals surface area contributed by atoms with Crippen molar-refractivity contribution >= 4 is 5.78 Å². The fourth-order valence-electron chi connectivity index (χ4n) is 1.30. The van der Waals surface area contributed by atoms with Gasteiger partial charge in [-0.25, -0.2) is 0 Å². The van der Waals surface area contributed by atoms with Crippen molar-refractivity contribution in [1.82, 2.24) is 0 Å². The number of carbonyl (C=O) groups excluding carboxylic acids is 1. The molecule has 0 bridgehead atoms. The van der Waals surface area contributed by atoms with E-state index in [9.17, 15) is 4.79 Å². The van der Waals surface area contributed by atoms with E-state index in [2.05, 4.69) is 19.9 Å². The lowest BCUT2D eigenvalue weighted by Crippen LogP contribution is -2.26. The highest BCUT2D eigenvalue weighted by Crippen LogP contribution is 2.29. The summed E-state index contributed by atoms with van der Waals surface area (Å²) in [5.74, 6) is 0.469. The minimum atomic E-state index is 0.00183. The Bertz CT molecular complexity index is 177. The van der Waals surface area contributed by atoms with E-state index in [0.29, 0.717) is 12.2 Å². The molecular formula is C11H20O. The monoisotopic (exact) mass is 168 g/mol. The molecule has 0 aromatic heterocycles. The van der Waals surface area contributed by atoms with Crippen molar-refractivity contribution in [2.75, 3.05) is 0 Å². The highest BCUT2D eigenvalue weighted by Gasteiger charge is 2.27. The predicted octanol–water partition coefficient (Wildman–Crippen LogP) is 3.20. The second kappa shape index (κ2) is 4.44. The van der Waals surface area contributed by atoms with Gasteiger partial charge in [-0.05, 0) is 12.3 Å². The zero-order chi connectivity index (χ0) is 9.78. The summed E-state index contributed by atoms with van der Waals surface area (Å²) in [7, 11) is 0. The average molecular weight is 168 g/mol. The van der Waals surface area contributed by atoms with Gasteiger partial charge in [0.2, 0.25) is 0 Å². The van der Waals surface area contributed by atoms with Crippen LogP contribution in [0.15, 0.2) is 12.2 Å². The van der Waals surface area contributed by atoms with E-state index in [4.69, 9.17) is 0 Å². The van der Waals surface area contributed by atoms with Crippen LogP contribution in [0.1, 0.15) is 41.0 Å². The molecular weight excluding hydrogens is 148 g/mol. The molecule has 0 radical (unpaired) electrons. The highest BCUT2D eigenvalue weighted by atomic mass is 16.1. The Kier molecular flexibility index (Phi) is 4.22. The van der Waals surface area contributed by atoms with Crippen LogP contribution >= 0.6 is 0 Å². The van der Waals surface area contributed by atoms with E-state index >= 15 is 0 Å². The van der Waals surface area contributed by atoms with Crippen LogP contribution in [0.25, 0.3) is 0 Å². The summed E-state index contributed by atoms with van der Waals surface area (Å²) in [4.78, 5) is 11.4. The van der Waals surface area contributed by atoms with E-state index in [1.165, 1.54) is 0 Å². The zero-order valence-corrected chi connectivity index (χ0v) is 8.85. The number of ketones is 1. The number of Topliss-reactive ketones (excluding diaryl/α,β-unsaturated/α-hetero) is 1. The molecule has 70 valence electrons. The molecule has 1 unspecified atom stereocenters. The molecule has 0 N–H and O–H groups in total. The zero-order valence-electron chi connectivity index (χ0n) is 8.85. The van der Waals surface area contributed by atoms with E-state index in [1.54, 1.807) is 0 Å². The van der Waals surface area contributed by atoms with Gasteiger partial charge in [-0.1, -0.05) is 39.8 Å². The normalized spacial score (nSPS) is 15.1. The fourth-order valence-corrected chi connectivity index (χ4v) is 1.30. The van der Waals surface area contributed by atoms with E-state index in [-0.39, 0.29) is 11.3 Å². The van der Waals surface area contributed by atoms with E-state index in [1.807, 2.05) is 26.8 Å². The third kappa shape index (κ3) is 2.80. The highest BCUT2D eigenvalue weighted by molar-refractivity contribution is 5.81. The summed E-state index contributed by atoms with van der Waals surface area (Å²) in [6.07, 6.45) is 4.76. The number of allylic oxidation sites excluding steroid dienone is 2. The number of rotatable bonds is 4. The van der Waals surface area contributed by atoms with Crippen molar-refractivity contribution in [3.63, 3.8) is 0 Å². The van der Waals surface area contributed by atoms with Crippen LogP contribution in [-0.2, 0) is 4.79 Å². The minimum absolute atomic E-state index is 0.00183. The van der Waals surface area contributed by atoms with Crippen LogP contribution in [0.4, 0.5) is 0 Å². The maximum atomic E-state index is 11.4. The van der Waals surface area contributed by atoms with E-state index < -0.39 is 0 Å². The van der Waals surface area contributed by atoms with E-state index in [0.717, 1.165) is 0 Å². The predicted molar refractivity (Wildman–Crippen MR) is 53.1 cm³/mol. The largest absolute Gasteiger partial charge is 0.299 e. The van der Waals surface area contributed by atoms with Gasteiger partial charge in [0.1, 0.15) is 5.78 Å². The summed E-state index contributed by atoms with van der Waals surface area (Å²) in [5.41, 5.74) is 0.00183. The summed E-state index contributed by atoms with van der Waals surface area (Å²) in [6.45, 7) is 10.1. The summed E-state index contributed by atoms with van der Waals surface area (Å²) in [6, 6.07) is 0. The van der Waals surface area contributed by atoms with Crippen LogP contribution in [-0.4, -0.2) is 5.78 Å². The molecule has 0 amide bonds. The van der Waals surface area contributed by atoms with Crippen LogP contribution in [0.5, 0.6) is 0 Å².